The highest BCUT2D eigenvalue weighted by Gasteiger charge is 2.20. The van der Waals surface area contributed by atoms with E-state index in [0.717, 1.165) is 46.3 Å². The maximum absolute atomic E-state index is 12.1. The van der Waals surface area contributed by atoms with Gasteiger partial charge in [-0.15, -0.1) is 0 Å². The van der Waals surface area contributed by atoms with Gasteiger partial charge in [0.15, 0.2) is 0 Å². The van der Waals surface area contributed by atoms with Gasteiger partial charge in [0.25, 0.3) is 0 Å². The number of carbonyl (C=O) groups excluding carboxylic acids is 1. The number of benzene rings is 1. The molecule has 0 radical (unpaired) electrons. The number of H-pyrrole nitrogens is 1. The van der Waals surface area contributed by atoms with Crippen LogP contribution < -0.4 is 10.6 Å². The molecule has 0 unspecified atom stereocenters. The molecule has 6 heteroatoms. The predicted octanol–water partition coefficient (Wildman–Crippen LogP) is 3.47. The van der Waals surface area contributed by atoms with E-state index < -0.39 is 5.97 Å². The molecule has 0 bridgehead atoms. The van der Waals surface area contributed by atoms with Crippen LogP contribution in [0.25, 0.3) is 21.8 Å². The molecule has 25 heavy (non-hydrogen) atoms. The largest absolute Gasteiger partial charge is 0.461 e. The van der Waals surface area contributed by atoms with Gasteiger partial charge in [0.05, 0.1) is 29.7 Å². The number of pyridine rings is 1. The van der Waals surface area contributed by atoms with Gasteiger partial charge in [0.1, 0.15) is 5.69 Å². The summed E-state index contributed by atoms with van der Waals surface area (Å²) >= 11 is 0. The van der Waals surface area contributed by atoms with Crippen molar-refractivity contribution in [2.75, 3.05) is 30.3 Å². The van der Waals surface area contributed by atoms with Gasteiger partial charge in [-0.3, -0.25) is 0 Å². The molecule has 1 aromatic carbocycles. The number of aromatic nitrogens is 2. The number of ether oxygens (including phenoxy) is 1. The number of anilines is 2. The third kappa shape index (κ3) is 2.67. The van der Waals surface area contributed by atoms with Crippen molar-refractivity contribution >= 4 is 39.1 Å². The van der Waals surface area contributed by atoms with Crippen LogP contribution in [0.2, 0.25) is 0 Å². The number of nitrogens with one attached hydrogen (secondary N) is 1. The topological polar surface area (TPSA) is 84.2 Å². The maximum atomic E-state index is 12.1. The first-order chi connectivity index (χ1) is 12.2. The van der Waals surface area contributed by atoms with E-state index in [1.54, 1.807) is 19.2 Å². The molecule has 1 aliphatic rings. The summed E-state index contributed by atoms with van der Waals surface area (Å²) in [5.74, 6) is -0.401. The molecule has 0 aliphatic carbocycles. The minimum Gasteiger partial charge on any atom is -0.461 e. The molecular formula is C19H22N4O2. The number of esters is 1. The Bertz CT molecular complexity index is 941. The number of hydrogen-bond donors (Lipinski definition) is 2. The predicted molar refractivity (Wildman–Crippen MR) is 100 cm³/mol. The normalized spacial score (nSPS) is 15.0. The van der Waals surface area contributed by atoms with E-state index >= 15 is 0 Å². The van der Waals surface area contributed by atoms with Crippen LogP contribution in [0.1, 0.15) is 36.7 Å². The first kappa shape index (κ1) is 15.7. The van der Waals surface area contributed by atoms with E-state index in [1.165, 1.54) is 19.3 Å². The van der Waals surface area contributed by atoms with E-state index in [9.17, 15) is 4.79 Å². The van der Waals surface area contributed by atoms with Gasteiger partial charge < -0.3 is 20.4 Å². The van der Waals surface area contributed by atoms with Gasteiger partial charge in [-0.25, -0.2) is 9.78 Å². The number of carbonyl (C=O) groups is 1. The van der Waals surface area contributed by atoms with E-state index in [2.05, 4.69) is 14.9 Å². The van der Waals surface area contributed by atoms with E-state index in [1.807, 2.05) is 12.1 Å². The molecule has 3 aromatic rings. The molecular weight excluding hydrogens is 316 g/mol. The summed E-state index contributed by atoms with van der Waals surface area (Å²) in [5, 5.41) is 2.02. The van der Waals surface area contributed by atoms with Crippen LogP contribution in [0, 0.1) is 0 Å². The SMILES string of the molecule is CCOC(=O)c1cc2c(cn1)[nH]c1ccc(N)c(N3CCCCC3)c12. The van der Waals surface area contributed by atoms with Crippen LogP contribution in [0.5, 0.6) is 0 Å². The van der Waals surface area contributed by atoms with Crippen LogP contribution in [0.15, 0.2) is 24.4 Å². The van der Waals surface area contributed by atoms with Crippen LogP contribution >= 0.6 is 0 Å². The first-order valence-corrected chi connectivity index (χ1v) is 8.81. The van der Waals surface area contributed by atoms with Gasteiger partial charge in [0.2, 0.25) is 0 Å². The number of piperidine rings is 1. The Balaban J connectivity index is 1.94. The number of nitrogen functional groups attached to an aromatic ring is 1. The zero-order chi connectivity index (χ0) is 17.4. The molecule has 6 nitrogen and oxygen atoms in total. The summed E-state index contributed by atoms with van der Waals surface area (Å²) in [5.41, 5.74) is 10.4. The van der Waals surface area contributed by atoms with Crippen molar-refractivity contribution in [1.82, 2.24) is 9.97 Å². The lowest BCUT2D eigenvalue weighted by Gasteiger charge is -2.30. The Hall–Kier alpha value is -2.76. The lowest BCUT2D eigenvalue weighted by Crippen LogP contribution is -2.30. The number of rotatable bonds is 3. The van der Waals surface area contributed by atoms with Crippen LogP contribution in [0.3, 0.4) is 0 Å². The molecule has 3 N–H and O–H groups in total. The number of hydrogen-bond acceptors (Lipinski definition) is 5. The molecule has 2 aromatic heterocycles. The van der Waals surface area contributed by atoms with Crippen molar-refractivity contribution in [1.29, 1.82) is 0 Å². The van der Waals surface area contributed by atoms with Crippen molar-refractivity contribution in [3.63, 3.8) is 0 Å². The second-order valence-corrected chi connectivity index (χ2v) is 6.43. The fourth-order valence-corrected chi connectivity index (χ4v) is 3.67. The minimum atomic E-state index is -0.401. The van der Waals surface area contributed by atoms with Crippen molar-refractivity contribution in [3.8, 4) is 0 Å². The molecule has 0 spiro atoms. The Morgan fingerprint density at radius 2 is 2.08 bits per heavy atom. The fraction of sp³-hybridized carbons (Fsp3) is 0.368. The Morgan fingerprint density at radius 1 is 1.28 bits per heavy atom. The monoisotopic (exact) mass is 338 g/mol. The van der Waals surface area contributed by atoms with Gasteiger partial charge in [-0.1, -0.05) is 0 Å². The summed E-state index contributed by atoms with van der Waals surface area (Å²) in [6.07, 6.45) is 5.30. The number of nitrogens with two attached hydrogens (primary N) is 1. The number of aromatic amines is 1. The molecule has 3 heterocycles. The van der Waals surface area contributed by atoms with Crippen LogP contribution in [0.4, 0.5) is 11.4 Å². The highest BCUT2D eigenvalue weighted by atomic mass is 16.5. The summed E-state index contributed by atoms with van der Waals surface area (Å²) in [7, 11) is 0. The molecule has 130 valence electrons. The summed E-state index contributed by atoms with van der Waals surface area (Å²) in [4.78, 5) is 22.1. The van der Waals surface area contributed by atoms with E-state index in [4.69, 9.17) is 10.5 Å². The third-order valence-electron chi connectivity index (χ3n) is 4.81. The average molecular weight is 338 g/mol. The molecule has 1 fully saturated rings. The minimum absolute atomic E-state index is 0.322. The summed E-state index contributed by atoms with van der Waals surface area (Å²) < 4.78 is 5.09. The Labute approximate surface area is 146 Å². The summed E-state index contributed by atoms with van der Waals surface area (Å²) in [6, 6.07) is 5.74. The van der Waals surface area contributed by atoms with E-state index in [0.29, 0.717) is 12.3 Å². The molecule has 0 atom stereocenters. The Kier molecular flexibility index (Phi) is 3.95. The van der Waals surface area contributed by atoms with Gasteiger partial charge in [-0.2, -0.15) is 0 Å². The summed E-state index contributed by atoms with van der Waals surface area (Å²) in [6.45, 7) is 4.13. The van der Waals surface area contributed by atoms with Crippen LogP contribution in [-0.2, 0) is 4.74 Å². The molecule has 1 aliphatic heterocycles. The van der Waals surface area contributed by atoms with Gasteiger partial charge in [0, 0.05) is 29.4 Å². The number of fused-ring (bicyclic) bond motifs is 3. The second kappa shape index (κ2) is 6.27. The van der Waals surface area contributed by atoms with Crippen LogP contribution in [-0.4, -0.2) is 35.6 Å². The molecule has 1 saturated heterocycles. The smallest absolute Gasteiger partial charge is 0.356 e. The van der Waals surface area contributed by atoms with Crippen molar-refractivity contribution in [2.24, 2.45) is 0 Å². The quantitative estimate of drug-likeness (QED) is 0.564. The van der Waals surface area contributed by atoms with E-state index in [-0.39, 0.29) is 0 Å². The number of nitrogens with zero attached hydrogens (tertiary/aromatic N) is 2. The Morgan fingerprint density at radius 3 is 2.84 bits per heavy atom. The van der Waals surface area contributed by atoms with Crippen molar-refractivity contribution in [2.45, 2.75) is 26.2 Å². The highest BCUT2D eigenvalue weighted by Crippen LogP contribution is 2.39. The standard InChI is InChI=1S/C19H22N4O2/c1-2-25-19(24)15-10-12-16(11-21-15)22-14-7-6-13(20)18(17(12)14)23-8-4-3-5-9-23/h6-7,10-11,22H,2-5,8-9,20H2,1H3. The fourth-order valence-electron chi connectivity index (χ4n) is 3.67. The van der Waals surface area contributed by atoms with Gasteiger partial charge >= 0.3 is 5.97 Å². The zero-order valence-corrected chi connectivity index (χ0v) is 14.3. The van der Waals surface area contributed by atoms with Crippen molar-refractivity contribution < 1.29 is 9.53 Å². The first-order valence-electron chi connectivity index (χ1n) is 8.81. The lowest BCUT2D eigenvalue weighted by atomic mass is 10.0. The second-order valence-electron chi connectivity index (χ2n) is 6.43. The zero-order valence-electron chi connectivity index (χ0n) is 14.3. The third-order valence-corrected chi connectivity index (χ3v) is 4.81. The van der Waals surface area contributed by atoms with Gasteiger partial charge in [-0.05, 0) is 44.4 Å². The highest BCUT2D eigenvalue weighted by molar-refractivity contribution is 6.16. The average Bonchev–Trinajstić information content (AvgIpc) is 3.00. The lowest BCUT2D eigenvalue weighted by molar-refractivity contribution is 0.0520. The van der Waals surface area contributed by atoms with Crippen molar-refractivity contribution in [3.05, 3.63) is 30.1 Å². The molecule has 4 rings (SSSR count). The maximum Gasteiger partial charge on any atom is 0.356 e. The molecule has 0 saturated carbocycles. The molecule has 0 amide bonds.